The lowest BCUT2D eigenvalue weighted by Gasteiger charge is -2.17. The number of hydrogen-bond donors (Lipinski definition) is 1. The minimum absolute atomic E-state index is 0.0740. The van der Waals surface area contributed by atoms with Crippen molar-refractivity contribution in [2.24, 2.45) is 0 Å². The summed E-state index contributed by atoms with van der Waals surface area (Å²) in [7, 11) is 0. The van der Waals surface area contributed by atoms with Gasteiger partial charge in [0.25, 0.3) is 5.91 Å². The number of halogens is 1. The van der Waals surface area contributed by atoms with Crippen LogP contribution in [0.4, 0.5) is 10.1 Å². The average Bonchev–Trinajstić information content (AvgIpc) is 2.86. The van der Waals surface area contributed by atoms with Crippen LogP contribution in [0.15, 0.2) is 42.5 Å². The van der Waals surface area contributed by atoms with Crippen LogP contribution in [0.25, 0.3) is 0 Å². The first-order chi connectivity index (χ1) is 13.6. The quantitative estimate of drug-likeness (QED) is 0.803. The van der Waals surface area contributed by atoms with Gasteiger partial charge in [0.1, 0.15) is 11.9 Å². The molecule has 4 rings (SSSR count). The highest BCUT2D eigenvalue weighted by molar-refractivity contribution is 6.06. The van der Waals surface area contributed by atoms with Gasteiger partial charge in [-0.1, -0.05) is 18.2 Å². The third-order valence-electron chi connectivity index (χ3n) is 4.89. The second-order valence-electron chi connectivity index (χ2n) is 6.84. The number of anilines is 1. The highest BCUT2D eigenvalue weighted by atomic mass is 19.1. The van der Waals surface area contributed by atoms with E-state index in [1.165, 1.54) is 11.0 Å². The molecule has 0 aliphatic carbocycles. The van der Waals surface area contributed by atoms with Crippen LogP contribution in [0.5, 0.6) is 11.5 Å². The number of nitrogens with zero attached hydrogens (tertiary/aromatic N) is 1. The van der Waals surface area contributed by atoms with Gasteiger partial charge in [0.15, 0.2) is 11.5 Å². The van der Waals surface area contributed by atoms with Gasteiger partial charge in [0.05, 0.1) is 19.6 Å². The van der Waals surface area contributed by atoms with Crippen LogP contribution in [-0.4, -0.2) is 42.5 Å². The van der Waals surface area contributed by atoms with Gasteiger partial charge in [0, 0.05) is 24.7 Å². The van der Waals surface area contributed by atoms with Gasteiger partial charge in [-0.05, 0) is 30.2 Å². The fourth-order valence-electron chi connectivity index (χ4n) is 3.42. The summed E-state index contributed by atoms with van der Waals surface area (Å²) in [4.78, 5) is 26.2. The maximum atomic E-state index is 13.8. The van der Waals surface area contributed by atoms with Crippen LogP contribution in [-0.2, 0) is 16.0 Å². The third kappa shape index (κ3) is 3.78. The Labute approximate surface area is 162 Å². The van der Waals surface area contributed by atoms with Crippen molar-refractivity contribution in [2.45, 2.75) is 25.3 Å². The van der Waals surface area contributed by atoms with E-state index in [1.54, 1.807) is 36.4 Å². The monoisotopic (exact) mass is 384 g/mol. The molecule has 0 unspecified atom stereocenters. The van der Waals surface area contributed by atoms with Crippen molar-refractivity contribution in [3.8, 4) is 11.5 Å². The van der Waals surface area contributed by atoms with Crippen LogP contribution in [0.3, 0.4) is 0 Å². The number of ether oxygens (including phenoxy) is 2. The predicted octanol–water partition coefficient (Wildman–Crippen LogP) is 2.77. The average molecular weight is 384 g/mol. The molecule has 0 aromatic heterocycles. The molecule has 2 aliphatic rings. The van der Waals surface area contributed by atoms with Crippen molar-refractivity contribution in [3.63, 3.8) is 0 Å². The van der Waals surface area contributed by atoms with Crippen LogP contribution in [0, 0.1) is 5.82 Å². The van der Waals surface area contributed by atoms with Gasteiger partial charge in [0.2, 0.25) is 5.91 Å². The van der Waals surface area contributed by atoms with E-state index in [4.69, 9.17) is 9.47 Å². The normalized spacial score (nSPS) is 18.9. The van der Waals surface area contributed by atoms with Crippen LogP contribution >= 0.6 is 0 Å². The highest BCUT2D eigenvalue weighted by Gasteiger charge is 2.38. The Balaban J connectivity index is 1.41. The molecular formula is C21H21FN2O4. The van der Waals surface area contributed by atoms with E-state index in [0.717, 1.165) is 6.42 Å². The molecular weight excluding hydrogens is 363 g/mol. The molecule has 1 N–H and O–H groups in total. The van der Waals surface area contributed by atoms with Gasteiger partial charge >= 0.3 is 0 Å². The standard InChI is InChI=1S/C21H21FN2O4/c22-16-5-2-1-4-14(16)8-9-24-20(25)13-17(21(24)26)23-15-6-7-18-19(12-15)28-11-3-10-27-18/h1-2,4-7,12,17,23H,3,8-11,13H2/t17-/m0/s1. The Bertz CT molecular complexity index is 902. The number of carbonyl (C=O) groups is 2. The summed E-state index contributed by atoms with van der Waals surface area (Å²) in [6, 6.07) is 11.1. The fourth-order valence-corrected chi connectivity index (χ4v) is 3.42. The number of nitrogens with one attached hydrogen (secondary N) is 1. The Morgan fingerprint density at radius 2 is 1.86 bits per heavy atom. The van der Waals surface area contributed by atoms with E-state index in [1.807, 2.05) is 0 Å². The molecule has 0 bridgehead atoms. The smallest absolute Gasteiger partial charge is 0.252 e. The molecule has 2 aromatic rings. The van der Waals surface area contributed by atoms with E-state index >= 15 is 0 Å². The Kier molecular flexibility index (Phi) is 5.14. The summed E-state index contributed by atoms with van der Waals surface area (Å²) in [6.45, 7) is 1.34. The maximum absolute atomic E-state index is 13.8. The molecule has 2 heterocycles. The van der Waals surface area contributed by atoms with Crippen molar-refractivity contribution in [1.82, 2.24) is 4.90 Å². The lowest BCUT2D eigenvalue weighted by molar-refractivity contribution is -0.138. The van der Waals surface area contributed by atoms with Gasteiger partial charge in [-0.15, -0.1) is 0 Å². The zero-order valence-corrected chi connectivity index (χ0v) is 15.3. The zero-order chi connectivity index (χ0) is 19.5. The summed E-state index contributed by atoms with van der Waals surface area (Å²) in [5, 5.41) is 3.11. The molecule has 0 spiro atoms. The number of rotatable bonds is 5. The molecule has 7 heteroatoms. The highest BCUT2D eigenvalue weighted by Crippen LogP contribution is 2.33. The summed E-state index contributed by atoms with van der Waals surface area (Å²) in [5.74, 6) is 0.407. The first-order valence-corrected chi connectivity index (χ1v) is 9.35. The van der Waals surface area contributed by atoms with E-state index in [0.29, 0.717) is 42.4 Å². The lowest BCUT2D eigenvalue weighted by atomic mass is 10.1. The number of benzene rings is 2. The van der Waals surface area contributed by atoms with Crippen LogP contribution < -0.4 is 14.8 Å². The van der Waals surface area contributed by atoms with Gasteiger partial charge < -0.3 is 14.8 Å². The first-order valence-electron chi connectivity index (χ1n) is 9.35. The molecule has 2 amide bonds. The van der Waals surface area contributed by atoms with E-state index < -0.39 is 6.04 Å². The second-order valence-corrected chi connectivity index (χ2v) is 6.84. The molecule has 146 valence electrons. The first kappa shape index (κ1) is 18.3. The van der Waals surface area contributed by atoms with Crippen molar-refractivity contribution in [2.75, 3.05) is 25.1 Å². The Morgan fingerprint density at radius 1 is 1.07 bits per heavy atom. The van der Waals surface area contributed by atoms with E-state index in [2.05, 4.69) is 5.32 Å². The summed E-state index contributed by atoms with van der Waals surface area (Å²) in [5.41, 5.74) is 1.17. The number of amides is 2. The SMILES string of the molecule is O=C1C[C@H](Nc2ccc3c(c2)OCCCO3)C(=O)N1CCc1ccccc1F. The number of fused-ring (bicyclic) bond motifs is 1. The van der Waals surface area contributed by atoms with Crippen LogP contribution in [0.2, 0.25) is 0 Å². The van der Waals surface area contributed by atoms with Crippen molar-refractivity contribution in [3.05, 3.63) is 53.8 Å². The van der Waals surface area contributed by atoms with Crippen molar-refractivity contribution in [1.29, 1.82) is 0 Å². The molecule has 28 heavy (non-hydrogen) atoms. The summed E-state index contributed by atoms with van der Waals surface area (Å²) >= 11 is 0. The van der Waals surface area contributed by atoms with Gasteiger partial charge in [-0.25, -0.2) is 4.39 Å². The molecule has 0 radical (unpaired) electrons. The maximum Gasteiger partial charge on any atom is 0.252 e. The molecule has 1 fully saturated rings. The van der Waals surface area contributed by atoms with Crippen LogP contribution in [0.1, 0.15) is 18.4 Å². The summed E-state index contributed by atoms with van der Waals surface area (Å²) in [6.07, 6.45) is 1.18. The number of hydrogen-bond acceptors (Lipinski definition) is 5. The molecule has 0 saturated carbocycles. The predicted molar refractivity (Wildman–Crippen MR) is 101 cm³/mol. The lowest BCUT2D eigenvalue weighted by Crippen LogP contribution is -2.36. The van der Waals surface area contributed by atoms with E-state index in [-0.39, 0.29) is 30.6 Å². The second kappa shape index (κ2) is 7.88. The zero-order valence-electron chi connectivity index (χ0n) is 15.3. The topological polar surface area (TPSA) is 67.9 Å². The minimum atomic E-state index is -0.641. The van der Waals surface area contributed by atoms with E-state index in [9.17, 15) is 14.0 Å². The molecule has 2 aliphatic heterocycles. The molecule has 6 nitrogen and oxygen atoms in total. The van der Waals surface area contributed by atoms with Crippen molar-refractivity contribution >= 4 is 17.5 Å². The number of carbonyl (C=O) groups excluding carboxylic acids is 2. The number of likely N-dealkylation sites (tertiary alicyclic amines) is 1. The largest absolute Gasteiger partial charge is 0.490 e. The minimum Gasteiger partial charge on any atom is -0.490 e. The number of imide groups is 1. The third-order valence-corrected chi connectivity index (χ3v) is 4.89. The molecule has 1 saturated heterocycles. The van der Waals surface area contributed by atoms with Crippen molar-refractivity contribution < 1.29 is 23.5 Å². The summed E-state index contributed by atoms with van der Waals surface area (Å²) < 4.78 is 25.0. The fraction of sp³-hybridized carbons (Fsp3) is 0.333. The van der Waals surface area contributed by atoms with Gasteiger partial charge in [-0.3, -0.25) is 14.5 Å². The Hall–Kier alpha value is -3.09. The van der Waals surface area contributed by atoms with Gasteiger partial charge in [-0.2, -0.15) is 0 Å². The Morgan fingerprint density at radius 3 is 2.68 bits per heavy atom. The molecule has 2 aromatic carbocycles. The molecule has 1 atom stereocenters.